The van der Waals surface area contributed by atoms with E-state index in [0.29, 0.717) is 64.4 Å². The molecule has 9 nitrogen and oxygen atoms in total. The maximum atomic E-state index is 10.5. The number of rotatable bonds is 15. The molecule has 0 heterocycles. The number of aliphatic hydroxyl groups is 8. The van der Waals surface area contributed by atoms with Crippen molar-refractivity contribution in [1.82, 2.24) is 0 Å². The van der Waals surface area contributed by atoms with E-state index in [1.165, 1.54) is 75.4 Å². The molecule has 6 aliphatic rings. The molecule has 0 amide bonds. The molecule has 370 valence electrons. The highest BCUT2D eigenvalue weighted by Crippen LogP contribution is 2.61. The molecule has 6 rings (SSSR count). The molecule has 0 bridgehead atoms. The first-order valence-electron chi connectivity index (χ1n) is 25.6. The van der Waals surface area contributed by atoms with Crippen LogP contribution in [0.25, 0.3) is 0 Å². The van der Waals surface area contributed by atoms with E-state index in [2.05, 4.69) is 59.1 Å². The summed E-state index contributed by atoms with van der Waals surface area (Å²) in [5, 5.41) is 80.2. The lowest BCUT2D eigenvalue weighted by Crippen LogP contribution is -2.45. The SMILES string of the molecule is C=C1/C(=C\C=C2/CCCC3(C)C2CC[C@@H]3[C@H](C)CCCC(C)(C)O)C[C@@H](O)[C@@H](CO)[C@@H]1O.C=C1/C(=C\C=C2/CCCC3(C)C2CC[C@@H]3[C@H](C)CCCC(C)(C)O)C[C@@H](O)[C@@H](OCO)[C@@H]1O. The van der Waals surface area contributed by atoms with Crippen LogP contribution >= 0.6 is 0 Å². The highest BCUT2D eigenvalue weighted by atomic mass is 16.6. The fourth-order valence-corrected chi connectivity index (χ4v) is 14.1. The molecule has 6 aliphatic carbocycles. The van der Waals surface area contributed by atoms with Gasteiger partial charge >= 0.3 is 0 Å². The van der Waals surface area contributed by atoms with Gasteiger partial charge in [0.05, 0.1) is 36.1 Å². The number of ether oxygens (including phenoxy) is 1. The Morgan fingerprint density at radius 3 is 1.51 bits per heavy atom. The van der Waals surface area contributed by atoms with E-state index < -0.39 is 54.4 Å². The normalized spacial score (nSPS) is 39.1. The van der Waals surface area contributed by atoms with Crippen LogP contribution in [0.2, 0.25) is 0 Å². The molecule has 14 atom stereocenters. The molecule has 0 aliphatic heterocycles. The third kappa shape index (κ3) is 13.0. The standard InChI is InChI=1S/C28H46O5.C28H46O4/c1-18(8-6-14-27(3,4)32)22-12-13-23-20(9-7-15-28(22,23)5)10-11-21-16-24(30)26(33-17-29)25(31)19(21)2;1-18(8-6-14-27(3,4)32)23-12-13-24-20(9-7-15-28(23,24)5)10-11-21-16-25(30)22(17-29)26(31)19(21)2/h10-11,18,22-26,29-32H,2,6-9,12-17H2,1,3-5H3;10-11,18,22-26,29-32H,2,6-9,12-17H2,1,3-5H3/b2*20-10+,21-11-/t18-,22-,23?,24-,25-,26-,28?;18-,22-,23-,24?,25-,26-,28?/m11/s1. The average Bonchev–Trinajstić information content (AvgIpc) is 3.78. The second-order valence-electron chi connectivity index (χ2n) is 23.5. The van der Waals surface area contributed by atoms with Crippen molar-refractivity contribution in [2.24, 2.45) is 52.3 Å². The zero-order chi connectivity index (χ0) is 48.1. The fourth-order valence-electron chi connectivity index (χ4n) is 14.1. The summed E-state index contributed by atoms with van der Waals surface area (Å²) in [7, 11) is 0. The number of aliphatic hydroxyl groups excluding tert-OH is 6. The van der Waals surface area contributed by atoms with Gasteiger partial charge in [-0.1, -0.05) is 102 Å². The monoisotopic (exact) mass is 909 g/mol. The van der Waals surface area contributed by atoms with E-state index in [9.17, 15) is 35.7 Å². The Morgan fingerprint density at radius 2 is 1.09 bits per heavy atom. The number of fused-ring (bicyclic) bond motifs is 2. The van der Waals surface area contributed by atoms with Crippen molar-refractivity contribution >= 4 is 0 Å². The minimum atomic E-state index is -1.01. The number of hydrogen-bond donors (Lipinski definition) is 8. The molecular weight excluding hydrogens is 817 g/mol. The molecule has 65 heavy (non-hydrogen) atoms. The molecule has 9 heteroatoms. The molecule has 6 saturated carbocycles. The summed E-state index contributed by atoms with van der Waals surface area (Å²) in [4.78, 5) is 0. The smallest absolute Gasteiger partial charge is 0.144 e. The lowest BCUT2D eigenvalue weighted by Gasteiger charge is -2.44. The minimum absolute atomic E-state index is 0.231. The average molecular weight is 909 g/mol. The third-order valence-electron chi connectivity index (χ3n) is 17.8. The van der Waals surface area contributed by atoms with Gasteiger partial charge in [-0.15, -0.1) is 0 Å². The van der Waals surface area contributed by atoms with Crippen LogP contribution in [0.4, 0.5) is 0 Å². The van der Waals surface area contributed by atoms with Crippen molar-refractivity contribution < 1.29 is 45.6 Å². The van der Waals surface area contributed by atoms with Crippen LogP contribution in [0.1, 0.15) is 171 Å². The van der Waals surface area contributed by atoms with E-state index in [1.807, 2.05) is 33.8 Å². The van der Waals surface area contributed by atoms with Gasteiger partial charge < -0.3 is 45.6 Å². The van der Waals surface area contributed by atoms with E-state index in [1.54, 1.807) is 0 Å². The molecule has 0 aromatic heterocycles. The van der Waals surface area contributed by atoms with E-state index in [4.69, 9.17) is 9.84 Å². The lowest BCUT2D eigenvalue weighted by atomic mass is 9.60. The van der Waals surface area contributed by atoms with Gasteiger partial charge in [-0.3, -0.25) is 0 Å². The lowest BCUT2D eigenvalue weighted by molar-refractivity contribution is -0.138. The van der Waals surface area contributed by atoms with Gasteiger partial charge in [0.25, 0.3) is 0 Å². The van der Waals surface area contributed by atoms with Crippen molar-refractivity contribution in [3.8, 4) is 0 Å². The van der Waals surface area contributed by atoms with Crippen LogP contribution in [0.5, 0.6) is 0 Å². The second kappa shape index (κ2) is 22.7. The van der Waals surface area contributed by atoms with Crippen LogP contribution in [-0.4, -0.2) is 96.0 Å². The minimum Gasteiger partial charge on any atom is -0.396 e. The third-order valence-corrected chi connectivity index (χ3v) is 17.8. The zero-order valence-electron chi connectivity index (χ0n) is 41.8. The van der Waals surface area contributed by atoms with Crippen LogP contribution in [-0.2, 0) is 4.74 Å². The molecule has 0 saturated heterocycles. The molecular formula is C56H92O9. The second-order valence-corrected chi connectivity index (χ2v) is 23.5. The molecule has 8 N–H and O–H groups in total. The molecule has 4 unspecified atom stereocenters. The molecule has 0 spiro atoms. The summed E-state index contributed by atoms with van der Waals surface area (Å²) in [6, 6.07) is 0. The van der Waals surface area contributed by atoms with Gasteiger partial charge in [0.1, 0.15) is 19.0 Å². The summed E-state index contributed by atoms with van der Waals surface area (Å²) in [6.45, 7) is 24.7. The van der Waals surface area contributed by atoms with Gasteiger partial charge in [0.2, 0.25) is 0 Å². The zero-order valence-corrected chi connectivity index (χ0v) is 41.8. The predicted molar refractivity (Wildman–Crippen MR) is 261 cm³/mol. The number of allylic oxidation sites excluding steroid dienone is 6. The van der Waals surface area contributed by atoms with Crippen molar-refractivity contribution in [1.29, 1.82) is 0 Å². The van der Waals surface area contributed by atoms with E-state index in [0.717, 1.165) is 55.6 Å². The summed E-state index contributed by atoms with van der Waals surface area (Å²) >= 11 is 0. The first-order chi connectivity index (χ1) is 30.5. The topological polar surface area (TPSA) is 171 Å². The van der Waals surface area contributed by atoms with Crippen LogP contribution in [0, 0.1) is 52.3 Å². The molecule has 0 aromatic rings. The quantitative estimate of drug-likeness (QED) is 0.0746. The largest absolute Gasteiger partial charge is 0.396 e. The van der Waals surface area contributed by atoms with Crippen LogP contribution in [0.15, 0.2) is 70.9 Å². The number of hydrogen-bond acceptors (Lipinski definition) is 9. The Balaban J connectivity index is 0.000000244. The first-order valence-corrected chi connectivity index (χ1v) is 25.6. The Bertz CT molecular complexity index is 1730. The summed E-state index contributed by atoms with van der Waals surface area (Å²) in [5.41, 5.74) is 5.48. The van der Waals surface area contributed by atoms with Gasteiger partial charge in [0, 0.05) is 12.3 Å². The Kier molecular flexibility index (Phi) is 18.8. The summed E-state index contributed by atoms with van der Waals surface area (Å²) < 4.78 is 5.11. The predicted octanol–water partition coefficient (Wildman–Crippen LogP) is 9.57. The molecule has 0 aromatic carbocycles. The van der Waals surface area contributed by atoms with Crippen molar-refractivity contribution in [2.45, 2.75) is 213 Å². The van der Waals surface area contributed by atoms with E-state index in [-0.39, 0.29) is 6.61 Å². The van der Waals surface area contributed by atoms with Gasteiger partial charge in [-0.2, -0.15) is 0 Å². The van der Waals surface area contributed by atoms with Gasteiger partial charge in [-0.25, -0.2) is 0 Å². The maximum Gasteiger partial charge on any atom is 0.144 e. The van der Waals surface area contributed by atoms with E-state index >= 15 is 0 Å². The maximum absolute atomic E-state index is 10.5. The van der Waals surface area contributed by atoms with Gasteiger partial charge in [0.15, 0.2) is 0 Å². The summed E-state index contributed by atoms with van der Waals surface area (Å²) in [5.74, 6) is 3.41. The molecule has 6 fully saturated rings. The Hall–Kier alpha value is -1.92. The van der Waals surface area contributed by atoms with Gasteiger partial charge in [-0.05, 0) is 180 Å². The van der Waals surface area contributed by atoms with Crippen molar-refractivity contribution in [2.75, 3.05) is 13.4 Å². The van der Waals surface area contributed by atoms with Crippen molar-refractivity contribution in [3.05, 3.63) is 70.9 Å². The Labute approximate surface area is 393 Å². The first kappa shape index (κ1) is 54.0. The van der Waals surface area contributed by atoms with Crippen molar-refractivity contribution in [3.63, 3.8) is 0 Å². The summed E-state index contributed by atoms with van der Waals surface area (Å²) in [6.07, 6.45) is 23.5. The highest BCUT2D eigenvalue weighted by molar-refractivity contribution is 5.41. The Morgan fingerprint density at radius 1 is 0.662 bits per heavy atom. The highest BCUT2D eigenvalue weighted by Gasteiger charge is 2.52. The molecule has 0 radical (unpaired) electrons. The van der Waals surface area contributed by atoms with Crippen LogP contribution in [0.3, 0.4) is 0 Å². The van der Waals surface area contributed by atoms with Crippen LogP contribution < -0.4 is 0 Å². The fraction of sp³-hybridized carbons (Fsp3) is 0.786.